The predicted molar refractivity (Wildman–Crippen MR) is 73.3 cm³/mol. The Morgan fingerprint density at radius 3 is 2.42 bits per heavy atom. The van der Waals surface area contributed by atoms with E-state index in [0.717, 1.165) is 0 Å². The van der Waals surface area contributed by atoms with Crippen LogP contribution in [0.5, 0.6) is 0 Å². The second-order valence-corrected chi connectivity index (χ2v) is 5.28. The molecule has 0 saturated heterocycles. The van der Waals surface area contributed by atoms with Gasteiger partial charge in [0.25, 0.3) is 0 Å². The average Bonchev–Trinajstić information content (AvgIpc) is 2.26. The third-order valence-electron chi connectivity index (χ3n) is 2.66. The van der Waals surface area contributed by atoms with Gasteiger partial charge in [-0.2, -0.15) is 13.2 Å². The van der Waals surface area contributed by atoms with E-state index in [1.165, 1.54) is 4.90 Å². The smallest absolute Gasteiger partial charge is 0.389 e. The Balaban J connectivity index is 3.02. The van der Waals surface area contributed by atoms with Crippen LogP contribution in [0.4, 0.5) is 18.9 Å². The average molecular weight is 340 g/mol. The molecule has 0 saturated carbocycles. The van der Waals surface area contributed by atoms with Crippen molar-refractivity contribution in [2.45, 2.75) is 32.5 Å². The number of alkyl halides is 3. The van der Waals surface area contributed by atoms with E-state index >= 15 is 0 Å². The molecule has 0 aliphatic heterocycles. The van der Waals surface area contributed by atoms with E-state index in [9.17, 15) is 18.3 Å². The first-order valence-electron chi connectivity index (χ1n) is 6.03. The van der Waals surface area contributed by atoms with Crippen LogP contribution in [0.15, 0.2) is 22.7 Å². The zero-order valence-electron chi connectivity index (χ0n) is 10.8. The number of rotatable bonds is 5. The summed E-state index contributed by atoms with van der Waals surface area (Å²) in [5.41, 5.74) is 1.16. The molecule has 0 spiro atoms. The standard InChI is InChI=1S/C13H17BrF3NO/c1-3-6-18(8-13(15,16)17)12-5-4-10(9(2)19)7-11(12)14/h4-5,7,9,19H,3,6,8H2,1-2H3. The number of aliphatic hydroxyl groups excluding tert-OH is 1. The van der Waals surface area contributed by atoms with Gasteiger partial charge in [0, 0.05) is 11.0 Å². The molecular weight excluding hydrogens is 323 g/mol. The van der Waals surface area contributed by atoms with Gasteiger partial charge < -0.3 is 10.0 Å². The van der Waals surface area contributed by atoms with Gasteiger partial charge in [-0.05, 0) is 47.0 Å². The van der Waals surface area contributed by atoms with E-state index in [1.54, 1.807) is 25.1 Å². The Kier molecular flexibility index (Phi) is 5.67. The Hall–Kier alpha value is -0.750. The van der Waals surface area contributed by atoms with Crippen molar-refractivity contribution < 1.29 is 18.3 Å². The minimum atomic E-state index is -4.24. The van der Waals surface area contributed by atoms with Crippen molar-refractivity contribution in [3.8, 4) is 0 Å². The number of benzene rings is 1. The van der Waals surface area contributed by atoms with E-state index < -0.39 is 18.8 Å². The largest absolute Gasteiger partial charge is 0.405 e. The van der Waals surface area contributed by atoms with Crippen LogP contribution in [0.25, 0.3) is 0 Å². The number of hydrogen-bond donors (Lipinski definition) is 1. The third-order valence-corrected chi connectivity index (χ3v) is 3.29. The second-order valence-electron chi connectivity index (χ2n) is 4.42. The van der Waals surface area contributed by atoms with Crippen LogP contribution in [0.2, 0.25) is 0 Å². The van der Waals surface area contributed by atoms with Gasteiger partial charge in [-0.15, -0.1) is 0 Å². The molecule has 0 heterocycles. The SMILES string of the molecule is CCCN(CC(F)(F)F)c1ccc(C(C)O)cc1Br. The summed E-state index contributed by atoms with van der Waals surface area (Å²) in [6, 6.07) is 4.90. The van der Waals surface area contributed by atoms with Crippen LogP contribution in [-0.4, -0.2) is 24.4 Å². The summed E-state index contributed by atoms with van der Waals surface area (Å²) in [5.74, 6) is 0. The number of halogens is 4. The number of aliphatic hydroxyl groups is 1. The molecule has 0 aromatic heterocycles. The first kappa shape index (κ1) is 16.3. The summed E-state index contributed by atoms with van der Waals surface area (Å²) in [5, 5.41) is 9.45. The Labute approximate surface area is 119 Å². The third kappa shape index (κ3) is 5.03. The van der Waals surface area contributed by atoms with E-state index in [-0.39, 0.29) is 0 Å². The van der Waals surface area contributed by atoms with Gasteiger partial charge in [0.1, 0.15) is 6.54 Å². The highest BCUT2D eigenvalue weighted by atomic mass is 79.9. The van der Waals surface area contributed by atoms with E-state index in [2.05, 4.69) is 15.9 Å². The van der Waals surface area contributed by atoms with Gasteiger partial charge in [0.05, 0.1) is 11.8 Å². The van der Waals surface area contributed by atoms with Crippen LogP contribution < -0.4 is 4.90 Å². The first-order valence-corrected chi connectivity index (χ1v) is 6.83. The quantitative estimate of drug-likeness (QED) is 0.865. The maximum Gasteiger partial charge on any atom is 0.405 e. The molecule has 0 fully saturated rings. The number of anilines is 1. The molecule has 1 aromatic rings. The van der Waals surface area contributed by atoms with Gasteiger partial charge in [-0.1, -0.05) is 13.0 Å². The lowest BCUT2D eigenvalue weighted by Gasteiger charge is -2.27. The fourth-order valence-electron chi connectivity index (χ4n) is 1.81. The van der Waals surface area contributed by atoms with Crippen molar-refractivity contribution in [2.75, 3.05) is 18.0 Å². The zero-order chi connectivity index (χ0) is 14.6. The lowest BCUT2D eigenvalue weighted by Crippen LogP contribution is -2.35. The van der Waals surface area contributed by atoms with E-state index in [1.807, 2.05) is 6.92 Å². The van der Waals surface area contributed by atoms with Crippen LogP contribution in [-0.2, 0) is 0 Å². The topological polar surface area (TPSA) is 23.5 Å². The van der Waals surface area contributed by atoms with Crippen molar-refractivity contribution in [1.29, 1.82) is 0 Å². The lowest BCUT2D eigenvalue weighted by molar-refractivity contribution is -0.119. The molecule has 0 aliphatic rings. The molecule has 108 valence electrons. The fraction of sp³-hybridized carbons (Fsp3) is 0.538. The molecule has 0 bridgehead atoms. The maximum absolute atomic E-state index is 12.6. The monoisotopic (exact) mass is 339 g/mol. The zero-order valence-corrected chi connectivity index (χ0v) is 12.4. The van der Waals surface area contributed by atoms with Crippen LogP contribution in [0, 0.1) is 0 Å². The Bertz CT molecular complexity index is 421. The molecular formula is C13H17BrF3NO. The van der Waals surface area contributed by atoms with Crippen LogP contribution >= 0.6 is 15.9 Å². The summed E-state index contributed by atoms with van der Waals surface area (Å²) >= 11 is 3.27. The summed E-state index contributed by atoms with van der Waals surface area (Å²) in [7, 11) is 0. The van der Waals surface area contributed by atoms with Crippen molar-refractivity contribution in [3.05, 3.63) is 28.2 Å². The molecule has 1 rings (SSSR count). The highest BCUT2D eigenvalue weighted by molar-refractivity contribution is 9.10. The van der Waals surface area contributed by atoms with Crippen molar-refractivity contribution in [1.82, 2.24) is 0 Å². The molecule has 0 aliphatic carbocycles. The maximum atomic E-state index is 12.6. The van der Waals surface area contributed by atoms with Gasteiger partial charge in [-0.25, -0.2) is 0 Å². The van der Waals surface area contributed by atoms with Crippen molar-refractivity contribution in [3.63, 3.8) is 0 Å². The molecule has 0 amide bonds. The Morgan fingerprint density at radius 1 is 1.37 bits per heavy atom. The van der Waals surface area contributed by atoms with Gasteiger partial charge in [0.15, 0.2) is 0 Å². The molecule has 0 radical (unpaired) electrons. The number of nitrogens with zero attached hydrogens (tertiary/aromatic N) is 1. The summed E-state index contributed by atoms with van der Waals surface area (Å²) in [6.07, 6.45) is -4.26. The number of hydrogen-bond acceptors (Lipinski definition) is 2. The van der Waals surface area contributed by atoms with Crippen LogP contribution in [0.3, 0.4) is 0 Å². The molecule has 6 heteroatoms. The highest BCUT2D eigenvalue weighted by Gasteiger charge is 2.31. The minimum Gasteiger partial charge on any atom is -0.389 e. The van der Waals surface area contributed by atoms with Crippen molar-refractivity contribution >= 4 is 21.6 Å². The van der Waals surface area contributed by atoms with Gasteiger partial charge >= 0.3 is 6.18 Å². The highest BCUT2D eigenvalue weighted by Crippen LogP contribution is 2.31. The summed E-state index contributed by atoms with van der Waals surface area (Å²) in [4.78, 5) is 1.29. The normalized spacial score (nSPS) is 13.4. The van der Waals surface area contributed by atoms with E-state index in [4.69, 9.17) is 0 Å². The summed E-state index contributed by atoms with van der Waals surface area (Å²) in [6.45, 7) is 2.79. The lowest BCUT2D eigenvalue weighted by atomic mass is 10.1. The first-order chi connectivity index (χ1) is 8.74. The molecule has 19 heavy (non-hydrogen) atoms. The molecule has 2 nitrogen and oxygen atoms in total. The predicted octanol–water partition coefficient (Wildman–Crippen LogP) is 4.28. The molecule has 1 aromatic carbocycles. The molecule has 1 atom stereocenters. The van der Waals surface area contributed by atoms with E-state index in [0.29, 0.717) is 28.7 Å². The van der Waals surface area contributed by atoms with Gasteiger partial charge in [-0.3, -0.25) is 0 Å². The van der Waals surface area contributed by atoms with Crippen LogP contribution in [0.1, 0.15) is 31.9 Å². The van der Waals surface area contributed by atoms with Gasteiger partial charge in [0.2, 0.25) is 0 Å². The fourth-order valence-corrected chi connectivity index (χ4v) is 2.46. The minimum absolute atomic E-state index is 0.326. The summed E-state index contributed by atoms with van der Waals surface area (Å²) < 4.78 is 38.2. The molecule has 1 N–H and O–H groups in total. The van der Waals surface area contributed by atoms with Crippen molar-refractivity contribution in [2.24, 2.45) is 0 Å². The Morgan fingerprint density at radius 2 is 2.00 bits per heavy atom. The second kappa shape index (κ2) is 6.61. The molecule has 1 unspecified atom stereocenters.